The number of thiazole rings is 1. The first kappa shape index (κ1) is 15.3. The molecule has 1 fully saturated rings. The molecule has 1 aliphatic heterocycles. The lowest BCUT2D eigenvalue weighted by Crippen LogP contribution is -2.38. The summed E-state index contributed by atoms with van der Waals surface area (Å²) in [5.74, 6) is -0.457. The molecule has 0 aliphatic carbocycles. The van der Waals surface area contributed by atoms with E-state index in [1.54, 1.807) is 0 Å². The van der Waals surface area contributed by atoms with Crippen molar-refractivity contribution in [1.29, 1.82) is 0 Å². The fraction of sp³-hybridized carbons (Fsp3) is 0.333. The zero-order valence-electron chi connectivity index (χ0n) is 12.0. The van der Waals surface area contributed by atoms with Crippen LogP contribution in [0.25, 0.3) is 0 Å². The molecule has 0 amide bonds. The number of hydrogen-bond donors (Lipinski definition) is 0. The van der Waals surface area contributed by atoms with Gasteiger partial charge in [0.1, 0.15) is 6.10 Å². The first-order valence-corrected chi connectivity index (χ1v) is 8.04. The molecule has 1 saturated heterocycles. The third kappa shape index (κ3) is 3.09. The minimum Gasteiger partial charge on any atom is -0.465 e. The second-order valence-corrected chi connectivity index (χ2v) is 6.16. The number of esters is 1. The Bertz CT molecular complexity index is 662. The van der Waals surface area contributed by atoms with Crippen LogP contribution in [0.3, 0.4) is 0 Å². The predicted molar refractivity (Wildman–Crippen MR) is 85.8 cm³/mol. The second-order valence-electron chi connectivity index (χ2n) is 4.82. The SMILES string of the molecule is COC(=O)c1sc(N2CCO[C@@H](c3ccccc3)C2)nc1Cl. The molecule has 2 heterocycles. The number of carbonyl (C=O) groups excluding carboxylic acids is 1. The molecule has 0 N–H and O–H groups in total. The zero-order chi connectivity index (χ0) is 15.5. The molecule has 7 heteroatoms. The third-order valence-corrected chi connectivity index (χ3v) is 4.94. The number of halogens is 1. The number of morpholine rings is 1. The van der Waals surface area contributed by atoms with E-state index in [2.05, 4.69) is 9.88 Å². The van der Waals surface area contributed by atoms with Crippen molar-refractivity contribution in [2.75, 3.05) is 31.7 Å². The number of ether oxygens (including phenoxy) is 2. The van der Waals surface area contributed by atoms with E-state index in [4.69, 9.17) is 21.1 Å². The van der Waals surface area contributed by atoms with Gasteiger partial charge < -0.3 is 14.4 Å². The average molecular weight is 339 g/mol. The summed E-state index contributed by atoms with van der Waals surface area (Å²) in [5.41, 5.74) is 1.13. The van der Waals surface area contributed by atoms with Crippen LogP contribution in [-0.4, -0.2) is 37.8 Å². The summed E-state index contributed by atoms with van der Waals surface area (Å²) in [6.07, 6.45) is -0.0146. The van der Waals surface area contributed by atoms with E-state index < -0.39 is 5.97 Å². The number of aromatic nitrogens is 1. The van der Waals surface area contributed by atoms with Crippen LogP contribution in [0.2, 0.25) is 5.15 Å². The summed E-state index contributed by atoms with van der Waals surface area (Å²) in [7, 11) is 1.33. The van der Waals surface area contributed by atoms with Gasteiger partial charge in [0.15, 0.2) is 15.2 Å². The van der Waals surface area contributed by atoms with Crippen molar-refractivity contribution in [2.24, 2.45) is 0 Å². The van der Waals surface area contributed by atoms with Gasteiger partial charge in [-0.2, -0.15) is 0 Å². The van der Waals surface area contributed by atoms with E-state index in [1.165, 1.54) is 18.4 Å². The minimum absolute atomic E-state index is 0.0146. The quantitative estimate of drug-likeness (QED) is 0.805. The Labute approximate surface area is 137 Å². The van der Waals surface area contributed by atoms with E-state index in [0.717, 1.165) is 10.7 Å². The van der Waals surface area contributed by atoms with Gasteiger partial charge in [-0.3, -0.25) is 0 Å². The van der Waals surface area contributed by atoms with E-state index in [1.807, 2.05) is 30.3 Å². The van der Waals surface area contributed by atoms with Gasteiger partial charge in [-0.25, -0.2) is 9.78 Å². The molecule has 1 aromatic heterocycles. The smallest absolute Gasteiger partial charge is 0.351 e. The minimum atomic E-state index is -0.457. The molecular formula is C15H15ClN2O3S. The van der Waals surface area contributed by atoms with Crippen molar-refractivity contribution in [1.82, 2.24) is 4.98 Å². The van der Waals surface area contributed by atoms with Crippen molar-refractivity contribution in [3.63, 3.8) is 0 Å². The Balaban J connectivity index is 1.79. The van der Waals surface area contributed by atoms with Gasteiger partial charge in [-0.15, -0.1) is 0 Å². The van der Waals surface area contributed by atoms with Crippen molar-refractivity contribution >= 4 is 34.0 Å². The highest BCUT2D eigenvalue weighted by molar-refractivity contribution is 7.18. The molecule has 116 valence electrons. The number of nitrogens with zero attached hydrogens (tertiary/aromatic N) is 2. The van der Waals surface area contributed by atoms with E-state index in [0.29, 0.717) is 24.6 Å². The molecule has 0 unspecified atom stereocenters. The van der Waals surface area contributed by atoms with Gasteiger partial charge in [0.25, 0.3) is 0 Å². The first-order valence-electron chi connectivity index (χ1n) is 6.85. The molecule has 0 saturated carbocycles. The van der Waals surface area contributed by atoms with Crippen LogP contribution in [0.4, 0.5) is 5.13 Å². The predicted octanol–water partition coefficient (Wildman–Crippen LogP) is 3.16. The molecule has 22 heavy (non-hydrogen) atoms. The van der Waals surface area contributed by atoms with Gasteiger partial charge in [-0.05, 0) is 5.56 Å². The molecule has 0 spiro atoms. The fourth-order valence-electron chi connectivity index (χ4n) is 2.34. The first-order chi connectivity index (χ1) is 10.7. The molecular weight excluding hydrogens is 324 g/mol. The van der Waals surface area contributed by atoms with Crippen LogP contribution >= 0.6 is 22.9 Å². The summed E-state index contributed by atoms with van der Waals surface area (Å²) in [5, 5.41) is 0.907. The largest absolute Gasteiger partial charge is 0.465 e. The molecule has 5 nitrogen and oxygen atoms in total. The highest BCUT2D eigenvalue weighted by Gasteiger charge is 2.26. The maximum atomic E-state index is 11.6. The average Bonchev–Trinajstić information content (AvgIpc) is 2.97. The molecule has 0 bridgehead atoms. The van der Waals surface area contributed by atoms with Gasteiger partial charge in [-0.1, -0.05) is 53.3 Å². The normalized spacial score (nSPS) is 18.3. The fourth-order valence-corrected chi connectivity index (χ4v) is 3.57. The Morgan fingerprint density at radius 1 is 1.45 bits per heavy atom. The van der Waals surface area contributed by atoms with Crippen LogP contribution in [0.15, 0.2) is 30.3 Å². The van der Waals surface area contributed by atoms with Crippen molar-refractivity contribution in [3.8, 4) is 0 Å². The molecule has 1 aliphatic rings. The summed E-state index contributed by atoms with van der Waals surface area (Å²) < 4.78 is 10.5. The van der Waals surface area contributed by atoms with E-state index in [9.17, 15) is 4.79 Å². The highest BCUT2D eigenvalue weighted by Crippen LogP contribution is 2.33. The lowest BCUT2D eigenvalue weighted by atomic mass is 10.1. The summed E-state index contributed by atoms with van der Waals surface area (Å²) in [6.45, 7) is 1.99. The second kappa shape index (κ2) is 6.64. The van der Waals surface area contributed by atoms with Gasteiger partial charge in [0.2, 0.25) is 0 Å². The zero-order valence-corrected chi connectivity index (χ0v) is 13.6. The Hall–Kier alpha value is -1.63. The van der Waals surface area contributed by atoms with E-state index >= 15 is 0 Å². The standard InChI is InChI=1S/C15H15ClN2O3S/c1-20-14(19)12-13(16)17-15(22-12)18-7-8-21-11(9-18)10-5-3-2-4-6-10/h2-6,11H,7-9H2,1H3/t11-/m1/s1. The molecule has 1 atom stereocenters. The number of carbonyl (C=O) groups is 1. The third-order valence-electron chi connectivity index (χ3n) is 3.45. The maximum absolute atomic E-state index is 11.6. The Kier molecular flexibility index (Phi) is 4.61. The number of methoxy groups -OCH3 is 1. The number of hydrogen-bond acceptors (Lipinski definition) is 6. The van der Waals surface area contributed by atoms with Crippen LogP contribution in [0, 0.1) is 0 Å². The lowest BCUT2D eigenvalue weighted by molar-refractivity contribution is 0.0398. The lowest BCUT2D eigenvalue weighted by Gasteiger charge is -2.32. The van der Waals surface area contributed by atoms with Crippen LogP contribution in [-0.2, 0) is 9.47 Å². The van der Waals surface area contributed by atoms with Crippen LogP contribution in [0.1, 0.15) is 21.3 Å². The maximum Gasteiger partial charge on any atom is 0.351 e. The van der Waals surface area contributed by atoms with Crippen LogP contribution in [0.5, 0.6) is 0 Å². The van der Waals surface area contributed by atoms with E-state index in [-0.39, 0.29) is 11.3 Å². The summed E-state index contributed by atoms with van der Waals surface area (Å²) in [4.78, 5) is 18.3. The van der Waals surface area contributed by atoms with Crippen molar-refractivity contribution in [2.45, 2.75) is 6.10 Å². The summed E-state index contributed by atoms with van der Waals surface area (Å²) in [6, 6.07) is 10.1. The molecule has 0 radical (unpaired) electrons. The van der Waals surface area contributed by atoms with Crippen molar-refractivity contribution in [3.05, 3.63) is 45.9 Å². The van der Waals surface area contributed by atoms with Gasteiger partial charge >= 0.3 is 5.97 Å². The summed E-state index contributed by atoms with van der Waals surface area (Å²) >= 11 is 7.28. The monoisotopic (exact) mass is 338 g/mol. The number of rotatable bonds is 3. The van der Waals surface area contributed by atoms with Crippen molar-refractivity contribution < 1.29 is 14.3 Å². The Morgan fingerprint density at radius 2 is 2.23 bits per heavy atom. The van der Waals surface area contributed by atoms with Gasteiger partial charge in [0, 0.05) is 6.54 Å². The molecule has 3 rings (SSSR count). The number of benzene rings is 1. The Morgan fingerprint density at radius 3 is 2.95 bits per heavy atom. The molecule has 2 aromatic rings. The van der Waals surface area contributed by atoms with Crippen LogP contribution < -0.4 is 4.90 Å². The topological polar surface area (TPSA) is 51.7 Å². The number of anilines is 1. The molecule has 1 aromatic carbocycles. The highest BCUT2D eigenvalue weighted by atomic mass is 35.5. The van der Waals surface area contributed by atoms with Gasteiger partial charge in [0.05, 0.1) is 20.3 Å².